The van der Waals surface area contributed by atoms with Crippen LogP contribution in [0.1, 0.15) is 65.7 Å². The first-order valence-electron chi connectivity index (χ1n) is 6.16. The van der Waals surface area contributed by atoms with Gasteiger partial charge in [0.1, 0.15) is 0 Å². The van der Waals surface area contributed by atoms with Gasteiger partial charge in [0.25, 0.3) is 0 Å². The molecule has 2 atom stereocenters. The van der Waals surface area contributed by atoms with E-state index in [0.29, 0.717) is 11.1 Å². The van der Waals surface area contributed by atoms with Gasteiger partial charge < -0.3 is 0 Å². The summed E-state index contributed by atoms with van der Waals surface area (Å²) >= 11 is 0. The summed E-state index contributed by atoms with van der Waals surface area (Å²) in [5, 5.41) is 0.526. The summed E-state index contributed by atoms with van der Waals surface area (Å²) in [6.07, 6.45) is 9.32. The molecule has 0 saturated carbocycles. The van der Waals surface area contributed by atoms with Crippen LogP contribution in [0.4, 0.5) is 0 Å². The van der Waals surface area contributed by atoms with Gasteiger partial charge in [0.05, 0.1) is 0 Å². The minimum absolute atomic E-state index is 0.526. The van der Waals surface area contributed by atoms with Crippen LogP contribution in [-0.4, -0.2) is 5.16 Å². The maximum atomic E-state index is 4.04. The molecule has 0 aliphatic rings. The first-order chi connectivity index (χ1) is 6.54. The predicted octanol–water partition coefficient (Wildman–Crippen LogP) is 4.84. The van der Waals surface area contributed by atoms with Gasteiger partial charge in [-0.3, -0.25) is 0 Å². The van der Waals surface area contributed by atoms with Crippen molar-refractivity contribution >= 4 is 9.24 Å². The lowest BCUT2D eigenvalue weighted by atomic mass is 9.90. The Morgan fingerprint density at radius 2 is 1.64 bits per heavy atom. The van der Waals surface area contributed by atoms with Crippen molar-refractivity contribution in [1.82, 2.24) is 0 Å². The molecule has 85 valence electrons. The van der Waals surface area contributed by atoms with E-state index < -0.39 is 0 Å². The van der Waals surface area contributed by atoms with E-state index in [4.69, 9.17) is 0 Å². The highest BCUT2D eigenvalue weighted by atomic mass is 31.0. The van der Waals surface area contributed by atoms with Crippen molar-refractivity contribution in [1.29, 1.82) is 0 Å². The maximum absolute atomic E-state index is 4.04. The molecule has 0 N–H and O–H groups in total. The SMILES string of the molecule is [CH2]C(C)CCCC(P)(CCC)CCC. The van der Waals surface area contributed by atoms with E-state index in [2.05, 4.69) is 36.9 Å². The van der Waals surface area contributed by atoms with Crippen molar-refractivity contribution in [2.75, 3.05) is 0 Å². The van der Waals surface area contributed by atoms with Gasteiger partial charge in [-0.15, -0.1) is 9.24 Å². The zero-order valence-electron chi connectivity index (χ0n) is 10.3. The van der Waals surface area contributed by atoms with Crippen LogP contribution in [0, 0.1) is 12.8 Å². The van der Waals surface area contributed by atoms with Crippen molar-refractivity contribution in [2.45, 2.75) is 70.9 Å². The Morgan fingerprint density at radius 1 is 1.14 bits per heavy atom. The lowest BCUT2D eigenvalue weighted by Gasteiger charge is -2.29. The molecule has 0 aromatic carbocycles. The summed E-state index contributed by atoms with van der Waals surface area (Å²) in [6.45, 7) is 10.8. The Hall–Kier alpha value is 0.430. The summed E-state index contributed by atoms with van der Waals surface area (Å²) in [5.74, 6) is 0.618. The van der Waals surface area contributed by atoms with Crippen molar-refractivity contribution in [2.24, 2.45) is 5.92 Å². The van der Waals surface area contributed by atoms with Crippen LogP contribution >= 0.6 is 9.24 Å². The minimum Gasteiger partial charge on any atom is -0.131 e. The summed E-state index contributed by atoms with van der Waals surface area (Å²) in [7, 11) is 3.12. The number of hydrogen-bond acceptors (Lipinski definition) is 0. The quantitative estimate of drug-likeness (QED) is 0.508. The zero-order valence-corrected chi connectivity index (χ0v) is 11.5. The van der Waals surface area contributed by atoms with Crippen LogP contribution in [0.5, 0.6) is 0 Å². The van der Waals surface area contributed by atoms with Gasteiger partial charge >= 0.3 is 0 Å². The zero-order chi connectivity index (χ0) is 11.0. The summed E-state index contributed by atoms with van der Waals surface area (Å²) in [5.41, 5.74) is 0. The fourth-order valence-electron chi connectivity index (χ4n) is 2.17. The second-order valence-electron chi connectivity index (χ2n) is 4.86. The van der Waals surface area contributed by atoms with Crippen molar-refractivity contribution < 1.29 is 0 Å². The third-order valence-corrected chi connectivity index (χ3v) is 3.73. The number of hydrogen-bond donors (Lipinski definition) is 0. The molecule has 0 heterocycles. The van der Waals surface area contributed by atoms with Crippen molar-refractivity contribution in [3.8, 4) is 0 Å². The third kappa shape index (κ3) is 6.82. The molecule has 0 saturated heterocycles. The molecule has 0 amide bonds. The average molecular weight is 215 g/mol. The molecule has 0 aliphatic carbocycles. The molecule has 0 aliphatic heterocycles. The van der Waals surface area contributed by atoms with Gasteiger partial charge in [-0.25, -0.2) is 0 Å². The molecule has 0 spiro atoms. The molecule has 14 heavy (non-hydrogen) atoms. The van der Waals surface area contributed by atoms with Crippen molar-refractivity contribution in [3.63, 3.8) is 0 Å². The Balaban J connectivity index is 3.83. The van der Waals surface area contributed by atoms with Gasteiger partial charge in [0.2, 0.25) is 0 Å². The summed E-state index contributed by atoms with van der Waals surface area (Å²) < 4.78 is 0. The molecule has 0 aromatic heterocycles. The molecule has 0 bridgehead atoms. The molecule has 1 heteroatoms. The lowest BCUT2D eigenvalue weighted by molar-refractivity contribution is 0.425. The van der Waals surface area contributed by atoms with Gasteiger partial charge in [-0.05, 0) is 30.3 Å². The Bertz CT molecular complexity index is 123. The van der Waals surface area contributed by atoms with Gasteiger partial charge in [-0.1, -0.05) is 53.4 Å². The van der Waals surface area contributed by atoms with E-state index in [0.717, 1.165) is 0 Å². The highest BCUT2D eigenvalue weighted by Crippen LogP contribution is 2.35. The second kappa shape index (κ2) is 7.69. The predicted molar refractivity (Wildman–Crippen MR) is 70.6 cm³/mol. The Morgan fingerprint density at radius 3 is 2.00 bits per heavy atom. The number of rotatable bonds is 8. The lowest BCUT2D eigenvalue weighted by Crippen LogP contribution is -2.20. The Kier molecular flexibility index (Phi) is 7.92. The first-order valence-corrected chi connectivity index (χ1v) is 6.73. The average Bonchev–Trinajstić information content (AvgIpc) is 2.03. The van der Waals surface area contributed by atoms with E-state index in [1.165, 1.54) is 44.9 Å². The summed E-state index contributed by atoms with van der Waals surface area (Å²) in [4.78, 5) is 0. The highest BCUT2D eigenvalue weighted by Gasteiger charge is 2.21. The topological polar surface area (TPSA) is 0 Å². The minimum atomic E-state index is 0.526. The van der Waals surface area contributed by atoms with Gasteiger partial charge in [0, 0.05) is 0 Å². The fourth-order valence-corrected chi connectivity index (χ4v) is 2.95. The van der Waals surface area contributed by atoms with Gasteiger partial charge in [-0.2, -0.15) is 0 Å². The molecule has 0 fully saturated rings. The van der Waals surface area contributed by atoms with Crippen LogP contribution in [-0.2, 0) is 0 Å². The van der Waals surface area contributed by atoms with Crippen LogP contribution in [0.2, 0.25) is 0 Å². The van der Waals surface area contributed by atoms with E-state index in [1.54, 1.807) is 0 Å². The first kappa shape index (κ1) is 14.4. The second-order valence-corrected chi connectivity index (χ2v) is 6.08. The molecule has 0 aromatic rings. The standard InChI is InChI=1S/C13H28P/c1-5-9-13(14,10-6-2)11-7-8-12(3)4/h12H,3,5-11,14H2,1-2,4H3. The van der Waals surface area contributed by atoms with Crippen LogP contribution in [0.15, 0.2) is 0 Å². The molecule has 0 nitrogen and oxygen atoms in total. The maximum Gasteiger partial charge on any atom is -0.0150 e. The molecule has 0 rings (SSSR count). The smallest absolute Gasteiger partial charge is 0.0150 e. The molecular weight excluding hydrogens is 187 g/mol. The highest BCUT2D eigenvalue weighted by molar-refractivity contribution is 7.19. The molecule has 1 radical (unpaired) electrons. The molecule has 2 unspecified atom stereocenters. The fraction of sp³-hybridized carbons (Fsp3) is 0.923. The summed E-state index contributed by atoms with van der Waals surface area (Å²) in [6, 6.07) is 0. The van der Waals surface area contributed by atoms with E-state index in [1.807, 2.05) is 0 Å². The van der Waals surface area contributed by atoms with Crippen LogP contribution < -0.4 is 0 Å². The van der Waals surface area contributed by atoms with E-state index in [9.17, 15) is 0 Å². The van der Waals surface area contributed by atoms with Gasteiger partial charge in [0.15, 0.2) is 0 Å². The normalized spacial score (nSPS) is 12.4. The largest absolute Gasteiger partial charge is 0.131 e. The third-order valence-electron chi connectivity index (χ3n) is 2.87. The Labute approximate surface area is 93.4 Å². The van der Waals surface area contributed by atoms with E-state index >= 15 is 0 Å². The van der Waals surface area contributed by atoms with Crippen LogP contribution in [0.25, 0.3) is 0 Å². The van der Waals surface area contributed by atoms with E-state index in [-0.39, 0.29) is 0 Å². The van der Waals surface area contributed by atoms with Crippen molar-refractivity contribution in [3.05, 3.63) is 6.92 Å². The van der Waals surface area contributed by atoms with Crippen LogP contribution in [0.3, 0.4) is 0 Å². The monoisotopic (exact) mass is 215 g/mol. The molecular formula is C13H28P.